The normalized spacial score (nSPS) is 10.4. The van der Waals surface area contributed by atoms with Gasteiger partial charge in [-0.2, -0.15) is 0 Å². The van der Waals surface area contributed by atoms with E-state index in [2.05, 4.69) is 10.6 Å². The molecule has 24 heavy (non-hydrogen) atoms. The maximum absolute atomic E-state index is 12.3. The van der Waals surface area contributed by atoms with Gasteiger partial charge < -0.3 is 15.1 Å². The lowest BCUT2D eigenvalue weighted by Gasteiger charge is -2.09. The molecule has 122 valence electrons. The molecule has 1 heterocycles. The van der Waals surface area contributed by atoms with Crippen molar-refractivity contribution in [3.05, 3.63) is 83.3 Å². The van der Waals surface area contributed by atoms with E-state index in [4.69, 9.17) is 4.42 Å². The second-order valence-corrected chi connectivity index (χ2v) is 5.76. The number of amides is 1. The first kappa shape index (κ1) is 15.9. The SMILES string of the molecule is Cc1ccc(C(=O)Nc2ccc(NCc3ccco3)cc2)cc1C. The number of carbonyl (C=O) groups excluding carboxylic acids is 1. The lowest BCUT2D eigenvalue weighted by molar-refractivity contribution is 0.102. The predicted octanol–water partition coefficient (Wildman–Crippen LogP) is 4.76. The van der Waals surface area contributed by atoms with Crippen molar-refractivity contribution >= 4 is 17.3 Å². The number of hydrogen-bond acceptors (Lipinski definition) is 3. The number of aryl methyl sites for hydroxylation is 2. The van der Waals surface area contributed by atoms with Crippen molar-refractivity contribution in [3.8, 4) is 0 Å². The standard InChI is InChI=1S/C20H20N2O2/c1-14-5-6-16(12-15(14)2)20(23)22-18-9-7-17(8-10-18)21-13-19-4-3-11-24-19/h3-12,21H,13H2,1-2H3,(H,22,23). The van der Waals surface area contributed by atoms with Crippen molar-refractivity contribution in [1.82, 2.24) is 0 Å². The van der Waals surface area contributed by atoms with Gasteiger partial charge >= 0.3 is 0 Å². The Hall–Kier alpha value is -3.01. The van der Waals surface area contributed by atoms with Crippen molar-refractivity contribution in [3.63, 3.8) is 0 Å². The lowest BCUT2D eigenvalue weighted by atomic mass is 10.1. The van der Waals surface area contributed by atoms with Crippen LogP contribution in [0.1, 0.15) is 27.2 Å². The largest absolute Gasteiger partial charge is 0.467 e. The zero-order valence-electron chi connectivity index (χ0n) is 13.8. The Kier molecular flexibility index (Phi) is 4.66. The van der Waals surface area contributed by atoms with E-state index in [1.54, 1.807) is 6.26 Å². The highest BCUT2D eigenvalue weighted by Gasteiger charge is 2.07. The summed E-state index contributed by atoms with van der Waals surface area (Å²) in [4.78, 5) is 12.3. The molecule has 0 aliphatic heterocycles. The minimum absolute atomic E-state index is 0.102. The third-order valence-corrected chi connectivity index (χ3v) is 3.96. The van der Waals surface area contributed by atoms with E-state index in [0.717, 1.165) is 22.7 Å². The van der Waals surface area contributed by atoms with Gasteiger partial charge in [-0.05, 0) is 73.5 Å². The summed E-state index contributed by atoms with van der Waals surface area (Å²) in [6, 6.07) is 17.1. The summed E-state index contributed by atoms with van der Waals surface area (Å²) < 4.78 is 5.28. The Morgan fingerprint density at radius 2 is 1.71 bits per heavy atom. The minimum atomic E-state index is -0.102. The van der Waals surface area contributed by atoms with Crippen LogP contribution in [0.2, 0.25) is 0 Å². The Labute approximate surface area is 141 Å². The third-order valence-electron chi connectivity index (χ3n) is 3.96. The first-order chi connectivity index (χ1) is 11.6. The van der Waals surface area contributed by atoms with Gasteiger partial charge in [-0.3, -0.25) is 4.79 Å². The van der Waals surface area contributed by atoms with Crippen LogP contribution in [-0.2, 0) is 6.54 Å². The number of nitrogens with one attached hydrogen (secondary N) is 2. The van der Waals surface area contributed by atoms with Crippen molar-refractivity contribution < 1.29 is 9.21 Å². The van der Waals surface area contributed by atoms with Crippen LogP contribution in [0.5, 0.6) is 0 Å². The molecule has 4 heteroatoms. The molecule has 0 fully saturated rings. The average molecular weight is 320 g/mol. The van der Waals surface area contributed by atoms with Crippen LogP contribution in [0, 0.1) is 13.8 Å². The zero-order chi connectivity index (χ0) is 16.9. The number of anilines is 2. The molecule has 0 spiro atoms. The molecule has 0 bridgehead atoms. The maximum atomic E-state index is 12.3. The van der Waals surface area contributed by atoms with E-state index in [1.165, 1.54) is 5.56 Å². The number of benzene rings is 2. The molecule has 0 aliphatic rings. The molecule has 0 atom stereocenters. The highest BCUT2D eigenvalue weighted by molar-refractivity contribution is 6.04. The lowest BCUT2D eigenvalue weighted by Crippen LogP contribution is -2.12. The number of hydrogen-bond donors (Lipinski definition) is 2. The fourth-order valence-electron chi connectivity index (χ4n) is 2.36. The molecule has 2 N–H and O–H groups in total. The Bertz CT molecular complexity index is 821. The highest BCUT2D eigenvalue weighted by Crippen LogP contribution is 2.17. The van der Waals surface area contributed by atoms with Gasteiger partial charge in [-0.15, -0.1) is 0 Å². The average Bonchev–Trinajstić information content (AvgIpc) is 3.10. The smallest absolute Gasteiger partial charge is 0.255 e. The number of furan rings is 1. The maximum Gasteiger partial charge on any atom is 0.255 e. The van der Waals surface area contributed by atoms with Crippen molar-refractivity contribution in [2.45, 2.75) is 20.4 Å². The van der Waals surface area contributed by atoms with Gasteiger partial charge in [-0.25, -0.2) is 0 Å². The minimum Gasteiger partial charge on any atom is -0.467 e. The van der Waals surface area contributed by atoms with Crippen LogP contribution in [0.25, 0.3) is 0 Å². The first-order valence-electron chi connectivity index (χ1n) is 7.87. The summed E-state index contributed by atoms with van der Waals surface area (Å²) in [6.07, 6.45) is 1.66. The van der Waals surface area contributed by atoms with Gasteiger partial charge in [-0.1, -0.05) is 6.07 Å². The van der Waals surface area contributed by atoms with E-state index in [1.807, 2.05) is 68.4 Å². The van der Waals surface area contributed by atoms with Crippen LogP contribution in [-0.4, -0.2) is 5.91 Å². The zero-order valence-corrected chi connectivity index (χ0v) is 13.8. The summed E-state index contributed by atoms with van der Waals surface area (Å²) in [7, 11) is 0. The van der Waals surface area contributed by atoms with Crippen molar-refractivity contribution in [2.75, 3.05) is 10.6 Å². The fraction of sp³-hybridized carbons (Fsp3) is 0.150. The van der Waals surface area contributed by atoms with Gasteiger partial charge in [0.25, 0.3) is 5.91 Å². The molecule has 1 aromatic heterocycles. The Balaban J connectivity index is 1.60. The summed E-state index contributed by atoms with van der Waals surface area (Å²) in [5.41, 5.74) is 4.69. The van der Waals surface area contributed by atoms with Gasteiger partial charge in [0.1, 0.15) is 5.76 Å². The summed E-state index contributed by atoms with van der Waals surface area (Å²) in [5, 5.41) is 6.18. The molecule has 0 saturated carbocycles. The summed E-state index contributed by atoms with van der Waals surface area (Å²) in [5.74, 6) is 0.775. The second kappa shape index (κ2) is 7.04. The van der Waals surface area contributed by atoms with Crippen LogP contribution >= 0.6 is 0 Å². The number of rotatable bonds is 5. The molecule has 3 aromatic rings. The Morgan fingerprint density at radius 3 is 2.38 bits per heavy atom. The fourth-order valence-corrected chi connectivity index (χ4v) is 2.36. The summed E-state index contributed by atoms with van der Waals surface area (Å²) in [6.45, 7) is 4.67. The molecule has 4 nitrogen and oxygen atoms in total. The van der Waals surface area contributed by atoms with Crippen LogP contribution in [0.4, 0.5) is 11.4 Å². The van der Waals surface area contributed by atoms with E-state index in [0.29, 0.717) is 12.1 Å². The summed E-state index contributed by atoms with van der Waals surface area (Å²) >= 11 is 0. The highest BCUT2D eigenvalue weighted by atomic mass is 16.3. The monoisotopic (exact) mass is 320 g/mol. The number of carbonyl (C=O) groups is 1. The van der Waals surface area contributed by atoms with Gasteiger partial charge in [0, 0.05) is 16.9 Å². The molecule has 0 radical (unpaired) electrons. The Morgan fingerprint density at radius 1 is 0.958 bits per heavy atom. The second-order valence-electron chi connectivity index (χ2n) is 5.76. The van der Waals surface area contributed by atoms with E-state index in [-0.39, 0.29) is 5.91 Å². The van der Waals surface area contributed by atoms with Crippen LogP contribution < -0.4 is 10.6 Å². The van der Waals surface area contributed by atoms with Crippen LogP contribution in [0.15, 0.2) is 65.3 Å². The molecule has 1 amide bonds. The molecule has 3 rings (SSSR count). The predicted molar refractivity (Wildman–Crippen MR) is 96.3 cm³/mol. The van der Waals surface area contributed by atoms with Gasteiger partial charge in [0.15, 0.2) is 0 Å². The molecule has 0 unspecified atom stereocenters. The van der Waals surface area contributed by atoms with Crippen molar-refractivity contribution in [2.24, 2.45) is 0 Å². The van der Waals surface area contributed by atoms with E-state index >= 15 is 0 Å². The molecule has 0 saturated heterocycles. The third kappa shape index (κ3) is 3.84. The van der Waals surface area contributed by atoms with Gasteiger partial charge in [0.05, 0.1) is 12.8 Å². The first-order valence-corrected chi connectivity index (χ1v) is 7.87. The molecular weight excluding hydrogens is 300 g/mol. The van der Waals surface area contributed by atoms with E-state index in [9.17, 15) is 4.79 Å². The van der Waals surface area contributed by atoms with Gasteiger partial charge in [0.2, 0.25) is 0 Å². The van der Waals surface area contributed by atoms with E-state index < -0.39 is 0 Å². The molecular formula is C20H20N2O2. The molecule has 0 aliphatic carbocycles. The van der Waals surface area contributed by atoms with Crippen molar-refractivity contribution in [1.29, 1.82) is 0 Å². The topological polar surface area (TPSA) is 54.3 Å². The quantitative estimate of drug-likeness (QED) is 0.712. The molecule has 2 aromatic carbocycles. The van der Waals surface area contributed by atoms with Crippen LogP contribution in [0.3, 0.4) is 0 Å².